The minimum Gasteiger partial charge on any atom is -0.492 e. The fourth-order valence-electron chi connectivity index (χ4n) is 3.73. The Balaban J connectivity index is 1.52. The number of hydrogen-bond donors (Lipinski definition) is 0. The third-order valence-corrected chi connectivity index (χ3v) is 8.51. The lowest BCUT2D eigenvalue weighted by Crippen LogP contribution is -2.50. The van der Waals surface area contributed by atoms with Gasteiger partial charge in [0.15, 0.2) is 0 Å². The number of nitriles is 1. The first-order valence-electron chi connectivity index (χ1n) is 10.6. The van der Waals surface area contributed by atoms with Gasteiger partial charge in [0.05, 0.1) is 17.1 Å². The van der Waals surface area contributed by atoms with Crippen LogP contribution in [0.5, 0.6) is 5.75 Å². The number of benzene rings is 2. The van der Waals surface area contributed by atoms with E-state index in [1.54, 1.807) is 17.0 Å². The van der Waals surface area contributed by atoms with Crippen molar-refractivity contribution in [2.45, 2.75) is 11.8 Å². The summed E-state index contributed by atoms with van der Waals surface area (Å²) in [5.41, 5.74) is 1.12. The molecule has 0 spiro atoms. The molecule has 2 aromatic carbocycles. The summed E-state index contributed by atoms with van der Waals surface area (Å²) in [5.74, 6) is 0.379. The maximum Gasteiger partial charge on any atom is 0.267 e. The van der Waals surface area contributed by atoms with Gasteiger partial charge in [-0.05, 0) is 30.7 Å². The number of amides is 1. The number of carbonyl (C=O) groups excluding carboxylic acids is 1. The zero-order valence-corrected chi connectivity index (χ0v) is 19.7. The van der Waals surface area contributed by atoms with Crippen LogP contribution in [0, 0.1) is 11.3 Å². The average molecular weight is 482 g/mol. The molecule has 1 saturated heterocycles. The van der Waals surface area contributed by atoms with Gasteiger partial charge in [0, 0.05) is 31.1 Å². The third kappa shape index (κ3) is 4.64. The third-order valence-electron chi connectivity index (χ3n) is 5.40. The van der Waals surface area contributed by atoms with E-state index < -0.39 is 10.0 Å². The van der Waals surface area contributed by atoms with Gasteiger partial charge in [0.2, 0.25) is 10.0 Å². The molecule has 1 amide bonds. The topological polar surface area (TPSA) is 90.7 Å². The molecule has 1 aromatic heterocycles. The summed E-state index contributed by atoms with van der Waals surface area (Å²) >= 11 is 1.38. The normalized spacial score (nSPS) is 14.6. The summed E-state index contributed by atoms with van der Waals surface area (Å²) in [6.45, 7) is 3.16. The Kier molecular flexibility index (Phi) is 6.79. The summed E-state index contributed by atoms with van der Waals surface area (Å²) in [6.07, 6.45) is 0. The van der Waals surface area contributed by atoms with Gasteiger partial charge >= 0.3 is 0 Å². The molecule has 7 nitrogen and oxygen atoms in total. The number of carbonyl (C=O) groups is 1. The first-order chi connectivity index (χ1) is 16.0. The molecule has 0 atom stereocenters. The predicted molar refractivity (Wildman–Crippen MR) is 127 cm³/mol. The fourth-order valence-corrected chi connectivity index (χ4v) is 6.37. The molecule has 0 unspecified atom stereocenters. The van der Waals surface area contributed by atoms with E-state index in [1.165, 1.54) is 27.8 Å². The van der Waals surface area contributed by atoms with Crippen molar-refractivity contribution in [2.24, 2.45) is 0 Å². The van der Waals surface area contributed by atoms with Crippen LogP contribution in [0.2, 0.25) is 0 Å². The second-order valence-corrected chi connectivity index (χ2v) is 10.4. The maximum absolute atomic E-state index is 13.3. The van der Waals surface area contributed by atoms with E-state index in [4.69, 9.17) is 4.74 Å². The second kappa shape index (κ2) is 9.75. The summed E-state index contributed by atoms with van der Waals surface area (Å²) in [5, 5.41) is 9.28. The quantitative estimate of drug-likeness (QED) is 0.534. The van der Waals surface area contributed by atoms with Gasteiger partial charge in [0.1, 0.15) is 16.7 Å². The number of nitrogens with zero attached hydrogens (tertiary/aromatic N) is 3. The van der Waals surface area contributed by atoms with Gasteiger partial charge in [-0.15, -0.1) is 11.3 Å². The predicted octanol–water partition coefficient (Wildman–Crippen LogP) is 3.83. The first-order valence-corrected chi connectivity index (χ1v) is 12.8. The molecule has 3 aromatic rings. The minimum absolute atomic E-state index is 0.00308. The van der Waals surface area contributed by atoms with Crippen LogP contribution in [-0.2, 0) is 10.0 Å². The van der Waals surface area contributed by atoms with Gasteiger partial charge in [-0.3, -0.25) is 4.79 Å². The number of ether oxygens (including phenoxy) is 1. The SMILES string of the molecule is CCOc1cc(-c2ccccc2)sc1C(=O)N1CCN(S(=O)(=O)c2ccccc2C#N)CC1. The van der Waals surface area contributed by atoms with E-state index in [-0.39, 0.29) is 42.5 Å². The van der Waals surface area contributed by atoms with Crippen molar-refractivity contribution in [1.29, 1.82) is 5.26 Å². The van der Waals surface area contributed by atoms with Crippen LogP contribution in [0.15, 0.2) is 65.6 Å². The zero-order valence-electron chi connectivity index (χ0n) is 18.1. The lowest BCUT2D eigenvalue weighted by Gasteiger charge is -2.34. The molecule has 4 rings (SSSR count). The number of hydrogen-bond acceptors (Lipinski definition) is 6. The Morgan fingerprint density at radius 1 is 1.06 bits per heavy atom. The minimum atomic E-state index is -3.82. The Bertz CT molecular complexity index is 1290. The molecule has 170 valence electrons. The summed E-state index contributed by atoms with van der Waals surface area (Å²) in [6, 6.07) is 19.8. The molecule has 0 bridgehead atoms. The van der Waals surface area contributed by atoms with Crippen LogP contribution in [0.25, 0.3) is 10.4 Å². The summed E-state index contributed by atoms with van der Waals surface area (Å²) in [4.78, 5) is 16.4. The smallest absolute Gasteiger partial charge is 0.267 e. The molecule has 9 heteroatoms. The average Bonchev–Trinajstić information content (AvgIpc) is 3.28. The summed E-state index contributed by atoms with van der Waals surface area (Å²) < 4.78 is 33.2. The van der Waals surface area contributed by atoms with Crippen LogP contribution < -0.4 is 4.74 Å². The first kappa shape index (κ1) is 23.0. The van der Waals surface area contributed by atoms with Gasteiger partial charge < -0.3 is 9.64 Å². The van der Waals surface area contributed by atoms with Gasteiger partial charge in [-0.2, -0.15) is 9.57 Å². The molecule has 33 heavy (non-hydrogen) atoms. The Labute approximate surface area is 197 Å². The van der Waals surface area contributed by atoms with Crippen molar-refractivity contribution in [3.05, 3.63) is 71.1 Å². The largest absolute Gasteiger partial charge is 0.492 e. The van der Waals surface area contributed by atoms with Crippen LogP contribution in [0.1, 0.15) is 22.2 Å². The van der Waals surface area contributed by atoms with Crippen molar-refractivity contribution >= 4 is 27.3 Å². The lowest BCUT2D eigenvalue weighted by atomic mass is 10.2. The van der Waals surface area contributed by atoms with E-state index in [9.17, 15) is 18.5 Å². The molecule has 0 N–H and O–H groups in total. The zero-order chi connectivity index (χ0) is 23.4. The van der Waals surface area contributed by atoms with Crippen molar-refractivity contribution in [1.82, 2.24) is 9.21 Å². The fraction of sp³-hybridized carbons (Fsp3) is 0.250. The van der Waals surface area contributed by atoms with Crippen LogP contribution in [-0.4, -0.2) is 56.3 Å². The molecule has 0 radical (unpaired) electrons. The van der Waals surface area contributed by atoms with Crippen LogP contribution in [0.3, 0.4) is 0 Å². The summed E-state index contributed by atoms with van der Waals surface area (Å²) in [7, 11) is -3.82. The van der Waals surface area contributed by atoms with Crippen molar-refractivity contribution in [3.8, 4) is 22.3 Å². The second-order valence-electron chi connectivity index (χ2n) is 7.41. The monoisotopic (exact) mass is 481 g/mol. The van der Waals surface area contributed by atoms with E-state index in [0.29, 0.717) is 17.2 Å². The molecule has 0 saturated carbocycles. The van der Waals surface area contributed by atoms with Crippen molar-refractivity contribution < 1.29 is 17.9 Å². The highest BCUT2D eigenvalue weighted by Crippen LogP contribution is 2.37. The van der Waals surface area contributed by atoms with E-state index in [0.717, 1.165) is 10.4 Å². The van der Waals surface area contributed by atoms with Crippen LogP contribution >= 0.6 is 11.3 Å². The molecule has 1 aliphatic heterocycles. The van der Waals surface area contributed by atoms with Gasteiger partial charge in [-0.25, -0.2) is 8.42 Å². The Morgan fingerprint density at radius 2 is 1.73 bits per heavy atom. The number of rotatable bonds is 6. The maximum atomic E-state index is 13.3. The van der Waals surface area contributed by atoms with Crippen molar-refractivity contribution in [2.75, 3.05) is 32.8 Å². The van der Waals surface area contributed by atoms with Gasteiger partial charge in [0.25, 0.3) is 5.91 Å². The Morgan fingerprint density at radius 3 is 2.39 bits per heavy atom. The van der Waals surface area contributed by atoms with E-state index >= 15 is 0 Å². The standard InChI is InChI=1S/C24H23N3O4S2/c1-2-31-20-16-21(18-8-4-3-5-9-18)32-23(20)24(28)26-12-14-27(15-13-26)33(29,30)22-11-7-6-10-19(22)17-25/h3-11,16H,2,12-15H2,1H3. The van der Waals surface area contributed by atoms with Gasteiger partial charge in [-0.1, -0.05) is 42.5 Å². The van der Waals surface area contributed by atoms with Crippen molar-refractivity contribution in [3.63, 3.8) is 0 Å². The molecular weight excluding hydrogens is 458 g/mol. The molecule has 2 heterocycles. The number of sulfonamides is 1. The van der Waals surface area contributed by atoms with E-state index in [1.807, 2.05) is 49.4 Å². The highest BCUT2D eigenvalue weighted by Gasteiger charge is 2.33. The highest BCUT2D eigenvalue weighted by molar-refractivity contribution is 7.89. The Hall–Kier alpha value is -3.19. The lowest BCUT2D eigenvalue weighted by molar-refractivity contribution is 0.0699. The number of thiophene rings is 1. The molecule has 0 aliphatic carbocycles. The highest BCUT2D eigenvalue weighted by atomic mass is 32.2. The molecule has 1 aliphatic rings. The van der Waals surface area contributed by atoms with E-state index in [2.05, 4.69) is 0 Å². The van der Waals surface area contributed by atoms with Crippen LogP contribution in [0.4, 0.5) is 0 Å². The molecule has 1 fully saturated rings. The number of piperazine rings is 1. The molecular formula is C24H23N3O4S2.